The lowest BCUT2D eigenvalue weighted by Gasteiger charge is -2.30. The molecule has 0 fully saturated rings. The van der Waals surface area contributed by atoms with Gasteiger partial charge < -0.3 is 19.7 Å². The van der Waals surface area contributed by atoms with Crippen molar-refractivity contribution in [2.24, 2.45) is 5.92 Å². The first kappa shape index (κ1) is 29.4. The maximum absolute atomic E-state index is 12.2. The molecule has 0 aromatic carbocycles. The lowest BCUT2D eigenvalue weighted by Crippen LogP contribution is -2.42. The molecular weight excluding hydrogens is 396 g/mol. The van der Waals surface area contributed by atoms with E-state index in [-0.39, 0.29) is 0 Å². The molecule has 182 valence electrons. The number of unbranched alkanes of at least 4 members (excludes halogenated alkanes) is 7. The van der Waals surface area contributed by atoms with Gasteiger partial charge in [0.1, 0.15) is 0 Å². The van der Waals surface area contributed by atoms with E-state index in [2.05, 4.69) is 20.4 Å². The van der Waals surface area contributed by atoms with Crippen LogP contribution in [0.5, 0.6) is 0 Å². The average Bonchev–Trinajstić information content (AvgIpc) is 2.74. The van der Waals surface area contributed by atoms with Gasteiger partial charge in [-0.15, -0.1) is 0 Å². The molecule has 0 aromatic rings. The molecule has 6 heteroatoms. The smallest absolute Gasteiger partial charge is 0.335 e. The van der Waals surface area contributed by atoms with Crippen molar-refractivity contribution in [3.63, 3.8) is 0 Å². The molecule has 0 bridgehead atoms. The zero-order valence-electron chi connectivity index (χ0n) is 19.9. The topological polar surface area (TPSA) is 93.1 Å². The largest absolute Gasteiger partial charge is 0.502 e. The fourth-order valence-corrected chi connectivity index (χ4v) is 3.86. The molecule has 0 saturated heterocycles. The summed E-state index contributed by atoms with van der Waals surface area (Å²) >= 11 is 0. The van der Waals surface area contributed by atoms with Crippen LogP contribution in [0.25, 0.3) is 0 Å². The number of carboxylic acid groups (broad SMARTS) is 2. The maximum atomic E-state index is 12.2. The Morgan fingerprint density at radius 2 is 1.42 bits per heavy atom. The van der Waals surface area contributed by atoms with Crippen molar-refractivity contribution in [2.75, 3.05) is 13.2 Å². The van der Waals surface area contributed by atoms with Gasteiger partial charge in [-0.2, -0.15) is 0 Å². The molecule has 0 radical (unpaired) electrons. The Hall–Kier alpha value is -1.56. The second-order valence-corrected chi connectivity index (χ2v) is 8.48. The number of ether oxygens (including phenoxy) is 2. The summed E-state index contributed by atoms with van der Waals surface area (Å²) in [5, 5.41) is 19.6. The zero-order chi connectivity index (χ0) is 23.4. The summed E-state index contributed by atoms with van der Waals surface area (Å²) in [6.07, 6.45) is 13.6. The van der Waals surface area contributed by atoms with Crippen LogP contribution in [0.2, 0.25) is 0 Å². The highest BCUT2D eigenvalue weighted by molar-refractivity contribution is 5.77. The molecular formula is C25H46O6. The number of aliphatic carboxylic acids is 2. The first-order valence-corrected chi connectivity index (χ1v) is 12.3. The fraction of sp³-hybridized carbons (Fsp3) is 0.840. The third kappa shape index (κ3) is 14.2. The summed E-state index contributed by atoms with van der Waals surface area (Å²) in [6, 6.07) is 0. The van der Waals surface area contributed by atoms with E-state index < -0.39 is 23.5 Å². The lowest BCUT2D eigenvalue weighted by atomic mass is 9.87. The summed E-state index contributed by atoms with van der Waals surface area (Å²) in [4.78, 5) is 23.9. The van der Waals surface area contributed by atoms with Crippen LogP contribution in [0.15, 0.2) is 12.8 Å². The molecule has 0 amide bonds. The average molecular weight is 443 g/mol. The molecule has 0 heterocycles. The molecule has 0 rings (SSSR count). The summed E-state index contributed by atoms with van der Waals surface area (Å²) in [7, 11) is 0. The molecule has 0 aliphatic rings. The van der Waals surface area contributed by atoms with E-state index in [9.17, 15) is 19.8 Å². The molecule has 0 aliphatic carbocycles. The highest BCUT2D eigenvalue weighted by atomic mass is 16.5. The van der Waals surface area contributed by atoms with E-state index in [1.54, 1.807) is 0 Å². The normalized spacial score (nSPS) is 14.0. The number of hydrogen-bond donors (Lipinski definition) is 2. The second-order valence-electron chi connectivity index (χ2n) is 8.48. The van der Waals surface area contributed by atoms with Gasteiger partial charge in [0.25, 0.3) is 0 Å². The van der Waals surface area contributed by atoms with Crippen LogP contribution in [-0.4, -0.2) is 41.0 Å². The van der Waals surface area contributed by atoms with Crippen molar-refractivity contribution < 1.29 is 29.3 Å². The number of hydrogen-bond acceptors (Lipinski definition) is 4. The van der Waals surface area contributed by atoms with Gasteiger partial charge in [-0.3, -0.25) is 4.79 Å². The summed E-state index contributed by atoms with van der Waals surface area (Å²) < 4.78 is 11.1. The maximum Gasteiger partial charge on any atom is 0.335 e. The standard InChI is InChI=1S/C25H46O6/c1-4-7-9-11-16-22(23(26)27)17-15-19-25(24(28)29,18-12-10-8-5-2)31-21-14-13-20-30-6-3/h6,22H,3-5,7-21H2,1-2H3,(H,26,27)(H,28,29). The van der Waals surface area contributed by atoms with E-state index in [1.807, 2.05) is 0 Å². The Morgan fingerprint density at radius 1 is 0.839 bits per heavy atom. The van der Waals surface area contributed by atoms with E-state index in [0.717, 1.165) is 57.8 Å². The molecule has 0 aliphatic heterocycles. The molecule has 0 aromatic heterocycles. The first-order chi connectivity index (χ1) is 14.9. The van der Waals surface area contributed by atoms with Crippen LogP contribution < -0.4 is 0 Å². The number of rotatable bonds is 23. The first-order valence-electron chi connectivity index (χ1n) is 12.3. The molecule has 2 unspecified atom stereocenters. The SMILES string of the molecule is C=COCCCCOC(CCCCCC)(CCCC(CCCCCC)C(=O)O)C(=O)O. The molecule has 2 atom stereocenters. The Bertz CT molecular complexity index is 479. The number of carbonyl (C=O) groups is 2. The Balaban J connectivity index is 4.83. The molecule has 2 N–H and O–H groups in total. The van der Waals surface area contributed by atoms with Crippen molar-refractivity contribution >= 4 is 11.9 Å². The van der Waals surface area contributed by atoms with Gasteiger partial charge in [-0.25, -0.2) is 4.79 Å². The van der Waals surface area contributed by atoms with E-state index >= 15 is 0 Å². The van der Waals surface area contributed by atoms with E-state index in [1.165, 1.54) is 6.26 Å². The summed E-state index contributed by atoms with van der Waals surface area (Å²) in [5.41, 5.74) is -1.22. The summed E-state index contributed by atoms with van der Waals surface area (Å²) in [6.45, 7) is 8.67. The van der Waals surface area contributed by atoms with Crippen molar-refractivity contribution in [1.29, 1.82) is 0 Å². The Labute approximate surface area is 189 Å². The van der Waals surface area contributed by atoms with Crippen LogP contribution >= 0.6 is 0 Å². The Kier molecular flexibility index (Phi) is 18.2. The zero-order valence-corrected chi connectivity index (χ0v) is 19.9. The minimum atomic E-state index is -1.22. The third-order valence-corrected chi connectivity index (χ3v) is 5.87. The predicted molar refractivity (Wildman–Crippen MR) is 124 cm³/mol. The van der Waals surface area contributed by atoms with Gasteiger partial charge in [0, 0.05) is 6.61 Å². The highest BCUT2D eigenvalue weighted by Gasteiger charge is 2.38. The van der Waals surface area contributed by atoms with Gasteiger partial charge in [0.05, 0.1) is 18.8 Å². The van der Waals surface area contributed by atoms with Gasteiger partial charge in [0.2, 0.25) is 0 Å². The van der Waals surface area contributed by atoms with Crippen LogP contribution in [0.3, 0.4) is 0 Å². The molecule has 0 saturated carbocycles. The molecule has 0 spiro atoms. The van der Waals surface area contributed by atoms with E-state index in [4.69, 9.17) is 9.47 Å². The number of carboxylic acids is 2. The molecule has 6 nitrogen and oxygen atoms in total. The molecule has 31 heavy (non-hydrogen) atoms. The fourth-order valence-electron chi connectivity index (χ4n) is 3.86. The second kappa shape index (κ2) is 19.1. The van der Waals surface area contributed by atoms with Crippen molar-refractivity contribution in [1.82, 2.24) is 0 Å². The Morgan fingerprint density at radius 3 is 2.00 bits per heavy atom. The lowest BCUT2D eigenvalue weighted by molar-refractivity contribution is -0.169. The monoisotopic (exact) mass is 442 g/mol. The van der Waals surface area contributed by atoms with Gasteiger partial charge in [-0.1, -0.05) is 65.4 Å². The van der Waals surface area contributed by atoms with E-state index in [0.29, 0.717) is 51.7 Å². The van der Waals surface area contributed by atoms with Crippen molar-refractivity contribution in [2.45, 2.75) is 116 Å². The minimum absolute atomic E-state index is 0.357. The quantitative estimate of drug-likeness (QED) is 0.137. The highest BCUT2D eigenvalue weighted by Crippen LogP contribution is 2.29. The van der Waals surface area contributed by atoms with Gasteiger partial charge in [-0.05, 0) is 51.4 Å². The van der Waals surface area contributed by atoms with Crippen LogP contribution in [0, 0.1) is 5.92 Å². The van der Waals surface area contributed by atoms with Crippen LogP contribution in [-0.2, 0) is 19.1 Å². The van der Waals surface area contributed by atoms with Crippen molar-refractivity contribution in [3.05, 3.63) is 12.8 Å². The van der Waals surface area contributed by atoms with Crippen LogP contribution in [0.1, 0.15) is 110 Å². The minimum Gasteiger partial charge on any atom is -0.502 e. The van der Waals surface area contributed by atoms with Crippen LogP contribution in [0.4, 0.5) is 0 Å². The predicted octanol–water partition coefficient (Wildman–Crippen LogP) is 6.58. The summed E-state index contributed by atoms with van der Waals surface area (Å²) in [5.74, 6) is -2.11. The van der Waals surface area contributed by atoms with Gasteiger partial charge in [0.15, 0.2) is 5.60 Å². The van der Waals surface area contributed by atoms with Crippen molar-refractivity contribution in [3.8, 4) is 0 Å². The third-order valence-electron chi connectivity index (χ3n) is 5.87. The van der Waals surface area contributed by atoms with Gasteiger partial charge >= 0.3 is 11.9 Å².